The van der Waals surface area contributed by atoms with Gasteiger partial charge in [0.1, 0.15) is 0 Å². The molecule has 15 heavy (non-hydrogen) atoms. The Bertz CT molecular complexity index is 496. The Morgan fingerprint density at radius 1 is 1.40 bits per heavy atom. The first-order valence-electron chi connectivity index (χ1n) is 4.12. The quantitative estimate of drug-likeness (QED) is 0.486. The Balaban J connectivity index is 2.54. The molecule has 1 aromatic heterocycles. The van der Waals surface area contributed by atoms with Gasteiger partial charge in [0.15, 0.2) is 0 Å². The van der Waals surface area contributed by atoms with Crippen molar-refractivity contribution in [1.29, 1.82) is 0 Å². The first-order chi connectivity index (χ1) is 7.16. The first-order valence-corrected chi connectivity index (χ1v) is 5.20. The van der Waals surface area contributed by atoms with Crippen LogP contribution < -0.4 is 0 Å². The van der Waals surface area contributed by atoms with Crippen LogP contribution in [0.4, 0.5) is 5.69 Å². The molecule has 0 atom stereocenters. The van der Waals surface area contributed by atoms with E-state index < -0.39 is 4.92 Å². The lowest BCUT2D eigenvalue weighted by atomic mass is 10.3. The third kappa shape index (κ3) is 2.14. The maximum Gasteiger partial charge on any atom is 0.272 e. The van der Waals surface area contributed by atoms with Gasteiger partial charge < -0.3 is 0 Å². The Morgan fingerprint density at radius 3 is 2.80 bits per heavy atom. The van der Waals surface area contributed by atoms with Crippen LogP contribution in [0, 0.1) is 13.7 Å². The molecule has 0 spiro atoms. The first kappa shape index (κ1) is 10.1. The van der Waals surface area contributed by atoms with Gasteiger partial charge in [-0.15, -0.1) is 0 Å². The number of aromatic nitrogens is 2. The number of halogens is 1. The topological polar surface area (TPSA) is 61.0 Å². The van der Waals surface area contributed by atoms with Crippen molar-refractivity contribution < 1.29 is 4.92 Å². The second-order valence-electron chi connectivity index (χ2n) is 2.88. The van der Waals surface area contributed by atoms with Crippen LogP contribution in [-0.4, -0.2) is 14.7 Å². The van der Waals surface area contributed by atoms with E-state index in [-0.39, 0.29) is 5.69 Å². The molecule has 0 aliphatic carbocycles. The number of rotatable bonds is 2. The van der Waals surface area contributed by atoms with Crippen LogP contribution in [0.5, 0.6) is 0 Å². The molecular formula is C9H6IN3O2. The van der Waals surface area contributed by atoms with Crippen LogP contribution in [0.15, 0.2) is 36.7 Å². The summed E-state index contributed by atoms with van der Waals surface area (Å²) in [4.78, 5) is 10.2. The standard InChI is InChI=1S/C9H6IN3O2/c10-7-4-8(12-3-1-2-11-12)6-9(5-7)13(14)15/h1-6H. The number of nitrogens with zero attached hydrogens (tertiary/aromatic N) is 3. The highest BCUT2D eigenvalue weighted by molar-refractivity contribution is 14.1. The molecule has 1 heterocycles. The Hall–Kier alpha value is -1.44. The van der Waals surface area contributed by atoms with Gasteiger partial charge in [-0.3, -0.25) is 10.1 Å². The molecule has 0 N–H and O–H groups in total. The molecule has 6 heteroatoms. The van der Waals surface area contributed by atoms with E-state index in [1.54, 1.807) is 23.1 Å². The van der Waals surface area contributed by atoms with Gasteiger partial charge in [-0.25, -0.2) is 4.68 Å². The number of hydrogen-bond donors (Lipinski definition) is 0. The monoisotopic (exact) mass is 315 g/mol. The zero-order valence-corrected chi connectivity index (χ0v) is 9.66. The van der Waals surface area contributed by atoms with E-state index in [1.165, 1.54) is 12.1 Å². The lowest BCUT2D eigenvalue weighted by Gasteiger charge is -2.01. The van der Waals surface area contributed by atoms with E-state index in [0.717, 1.165) is 3.57 Å². The van der Waals surface area contributed by atoms with Crippen molar-refractivity contribution in [2.45, 2.75) is 0 Å². The van der Waals surface area contributed by atoms with Crippen molar-refractivity contribution in [2.75, 3.05) is 0 Å². The zero-order valence-electron chi connectivity index (χ0n) is 7.50. The fraction of sp³-hybridized carbons (Fsp3) is 0. The molecule has 0 radical (unpaired) electrons. The van der Waals surface area contributed by atoms with Gasteiger partial charge in [0.05, 0.1) is 10.6 Å². The summed E-state index contributed by atoms with van der Waals surface area (Å²) in [7, 11) is 0. The second-order valence-corrected chi connectivity index (χ2v) is 4.12. The summed E-state index contributed by atoms with van der Waals surface area (Å²) in [5.41, 5.74) is 0.769. The van der Waals surface area contributed by atoms with E-state index in [1.807, 2.05) is 28.7 Å². The summed E-state index contributed by atoms with van der Waals surface area (Å²) < 4.78 is 2.40. The molecule has 0 saturated carbocycles. The van der Waals surface area contributed by atoms with E-state index in [9.17, 15) is 10.1 Å². The third-order valence-electron chi connectivity index (χ3n) is 1.85. The molecule has 0 fully saturated rings. The summed E-state index contributed by atoms with van der Waals surface area (Å²) in [5, 5.41) is 14.7. The van der Waals surface area contributed by atoms with Crippen LogP contribution in [-0.2, 0) is 0 Å². The minimum atomic E-state index is -0.408. The minimum Gasteiger partial charge on any atom is -0.258 e. The lowest BCUT2D eigenvalue weighted by molar-refractivity contribution is -0.384. The van der Waals surface area contributed by atoms with Crippen LogP contribution in [0.2, 0.25) is 0 Å². The number of hydrogen-bond acceptors (Lipinski definition) is 3. The molecule has 0 unspecified atom stereocenters. The molecule has 2 rings (SSSR count). The maximum absolute atomic E-state index is 10.6. The molecule has 0 bridgehead atoms. The predicted octanol–water partition coefficient (Wildman–Crippen LogP) is 2.39. The van der Waals surface area contributed by atoms with Gasteiger partial charge in [-0.2, -0.15) is 5.10 Å². The van der Waals surface area contributed by atoms with Crippen molar-refractivity contribution in [1.82, 2.24) is 9.78 Å². The molecule has 76 valence electrons. The molecule has 2 aromatic rings. The average Bonchev–Trinajstić information content (AvgIpc) is 2.69. The highest BCUT2D eigenvalue weighted by atomic mass is 127. The van der Waals surface area contributed by atoms with Gasteiger partial charge in [0.2, 0.25) is 0 Å². The van der Waals surface area contributed by atoms with E-state index in [2.05, 4.69) is 5.10 Å². The van der Waals surface area contributed by atoms with Crippen molar-refractivity contribution in [2.24, 2.45) is 0 Å². The Morgan fingerprint density at radius 2 is 2.20 bits per heavy atom. The fourth-order valence-corrected chi connectivity index (χ4v) is 1.86. The second kappa shape index (κ2) is 3.97. The van der Waals surface area contributed by atoms with Crippen LogP contribution in [0.3, 0.4) is 0 Å². The normalized spacial score (nSPS) is 10.2. The summed E-state index contributed by atoms with van der Waals surface area (Å²) in [5.74, 6) is 0. The van der Waals surface area contributed by atoms with Crippen LogP contribution in [0.25, 0.3) is 5.69 Å². The maximum atomic E-state index is 10.6. The fourth-order valence-electron chi connectivity index (χ4n) is 1.22. The van der Waals surface area contributed by atoms with Gasteiger partial charge in [0, 0.05) is 28.1 Å². The van der Waals surface area contributed by atoms with Crippen LogP contribution in [0.1, 0.15) is 0 Å². The van der Waals surface area contributed by atoms with Crippen molar-refractivity contribution in [3.63, 3.8) is 0 Å². The minimum absolute atomic E-state index is 0.0763. The highest BCUT2D eigenvalue weighted by Crippen LogP contribution is 2.20. The van der Waals surface area contributed by atoms with Gasteiger partial charge in [0.25, 0.3) is 5.69 Å². The molecule has 0 aliphatic rings. The number of nitro groups is 1. The number of non-ortho nitro benzene ring substituents is 1. The molecule has 0 amide bonds. The lowest BCUT2D eigenvalue weighted by Crippen LogP contribution is -1.97. The van der Waals surface area contributed by atoms with Gasteiger partial charge in [-0.1, -0.05) is 0 Å². The molecule has 5 nitrogen and oxygen atoms in total. The summed E-state index contributed by atoms with van der Waals surface area (Å²) in [6.45, 7) is 0. The van der Waals surface area contributed by atoms with Crippen molar-refractivity contribution in [3.8, 4) is 5.69 Å². The Labute approximate surface area is 99.0 Å². The number of nitro benzene ring substituents is 1. The zero-order chi connectivity index (χ0) is 10.8. The van der Waals surface area contributed by atoms with Gasteiger partial charge >= 0.3 is 0 Å². The van der Waals surface area contributed by atoms with Crippen molar-refractivity contribution >= 4 is 28.3 Å². The van der Waals surface area contributed by atoms with Crippen molar-refractivity contribution in [3.05, 3.63) is 50.3 Å². The van der Waals surface area contributed by atoms with E-state index in [0.29, 0.717) is 5.69 Å². The SMILES string of the molecule is O=[N+]([O-])c1cc(I)cc(-n2cccn2)c1. The molecule has 0 aliphatic heterocycles. The van der Waals surface area contributed by atoms with E-state index >= 15 is 0 Å². The predicted molar refractivity (Wildman–Crippen MR) is 62.9 cm³/mol. The smallest absolute Gasteiger partial charge is 0.258 e. The molecule has 0 saturated heterocycles. The van der Waals surface area contributed by atoms with Crippen LogP contribution >= 0.6 is 22.6 Å². The number of benzene rings is 1. The summed E-state index contributed by atoms with van der Waals surface area (Å²) >= 11 is 2.04. The largest absolute Gasteiger partial charge is 0.272 e. The average molecular weight is 315 g/mol. The summed E-state index contributed by atoms with van der Waals surface area (Å²) in [6.07, 6.45) is 3.38. The molecule has 1 aromatic carbocycles. The van der Waals surface area contributed by atoms with Gasteiger partial charge in [-0.05, 0) is 34.7 Å². The van der Waals surface area contributed by atoms with E-state index in [4.69, 9.17) is 0 Å². The summed E-state index contributed by atoms with van der Waals surface area (Å²) in [6, 6.07) is 6.62. The highest BCUT2D eigenvalue weighted by Gasteiger charge is 2.09. The Kier molecular flexibility index (Phi) is 2.67. The molecular weight excluding hydrogens is 309 g/mol. The third-order valence-corrected chi connectivity index (χ3v) is 2.47.